The molecule has 0 fully saturated rings. The Kier molecular flexibility index (Phi) is 5.66. The van der Waals surface area contributed by atoms with E-state index in [1.54, 1.807) is 0 Å². The second-order valence-corrected chi connectivity index (χ2v) is 3.98. The number of rotatable bonds is 6. The van der Waals surface area contributed by atoms with Gasteiger partial charge in [0.25, 0.3) is 0 Å². The predicted octanol–water partition coefficient (Wildman–Crippen LogP) is 2.07. The maximum absolute atomic E-state index is 11.6. The third kappa shape index (κ3) is 4.54. The van der Waals surface area contributed by atoms with Crippen molar-refractivity contribution < 1.29 is 9.53 Å². The van der Waals surface area contributed by atoms with E-state index < -0.39 is 0 Å². The molecule has 0 radical (unpaired) electrons. The van der Waals surface area contributed by atoms with Crippen molar-refractivity contribution in [1.29, 1.82) is 0 Å². The Morgan fingerprint density at radius 3 is 2.82 bits per heavy atom. The Labute approximate surface area is 102 Å². The first-order valence-electron chi connectivity index (χ1n) is 5.87. The number of amides is 1. The molecule has 0 saturated heterocycles. The van der Waals surface area contributed by atoms with Gasteiger partial charge in [-0.25, -0.2) is 0 Å². The van der Waals surface area contributed by atoms with Crippen LogP contribution in [-0.2, 0) is 9.53 Å². The van der Waals surface area contributed by atoms with Gasteiger partial charge in [0.05, 0.1) is 0 Å². The molecule has 0 aliphatic carbocycles. The summed E-state index contributed by atoms with van der Waals surface area (Å²) in [5.41, 5.74) is 7.51. The van der Waals surface area contributed by atoms with Crippen LogP contribution in [0.4, 0.5) is 5.69 Å². The largest absolute Gasteiger partial charge is 0.372 e. The highest BCUT2D eigenvalue weighted by Crippen LogP contribution is 2.20. The minimum atomic E-state index is -0.147. The average molecular weight is 236 g/mol. The van der Waals surface area contributed by atoms with Crippen molar-refractivity contribution in [2.45, 2.75) is 26.3 Å². The van der Waals surface area contributed by atoms with Gasteiger partial charge in [0.1, 0.15) is 6.61 Å². The first-order chi connectivity index (χ1) is 8.15. The number of hydrogen-bond donors (Lipinski definition) is 2. The van der Waals surface area contributed by atoms with Crippen molar-refractivity contribution in [2.24, 2.45) is 5.73 Å². The fraction of sp³-hybridized carbons (Fsp3) is 0.462. The van der Waals surface area contributed by atoms with Gasteiger partial charge < -0.3 is 15.8 Å². The van der Waals surface area contributed by atoms with E-state index in [-0.39, 0.29) is 18.6 Å². The number of nitrogens with two attached hydrogens (primary N) is 1. The first-order valence-corrected chi connectivity index (χ1v) is 5.87. The van der Waals surface area contributed by atoms with Gasteiger partial charge in [-0.1, -0.05) is 25.1 Å². The standard InChI is InChI=1S/C13H20N2O2/c1-3-8-17-9-13(16)15-12-7-5-4-6-11(12)10(2)14/h4-7,10H,3,8-9,14H2,1-2H3,(H,15,16). The minimum Gasteiger partial charge on any atom is -0.372 e. The molecule has 0 aliphatic heterocycles. The summed E-state index contributed by atoms with van der Waals surface area (Å²) in [6.07, 6.45) is 0.906. The normalized spacial score (nSPS) is 12.2. The van der Waals surface area contributed by atoms with Gasteiger partial charge in [-0.3, -0.25) is 4.79 Å². The Morgan fingerprint density at radius 1 is 1.47 bits per heavy atom. The maximum Gasteiger partial charge on any atom is 0.250 e. The van der Waals surface area contributed by atoms with E-state index in [9.17, 15) is 4.79 Å². The number of carbonyl (C=O) groups is 1. The lowest BCUT2D eigenvalue weighted by Crippen LogP contribution is -2.20. The van der Waals surface area contributed by atoms with E-state index in [1.165, 1.54) is 0 Å². The minimum absolute atomic E-state index is 0.0845. The fourth-order valence-corrected chi connectivity index (χ4v) is 1.50. The smallest absolute Gasteiger partial charge is 0.250 e. The van der Waals surface area contributed by atoms with Crippen LogP contribution in [0, 0.1) is 0 Å². The van der Waals surface area contributed by atoms with Crippen LogP contribution in [0.1, 0.15) is 31.9 Å². The molecule has 1 unspecified atom stereocenters. The van der Waals surface area contributed by atoms with Crippen LogP contribution < -0.4 is 11.1 Å². The average Bonchev–Trinajstić information content (AvgIpc) is 2.29. The summed E-state index contributed by atoms with van der Waals surface area (Å²) in [7, 11) is 0. The van der Waals surface area contributed by atoms with E-state index in [0.717, 1.165) is 17.7 Å². The third-order valence-electron chi connectivity index (χ3n) is 2.31. The number of hydrogen-bond acceptors (Lipinski definition) is 3. The Morgan fingerprint density at radius 2 is 2.18 bits per heavy atom. The molecule has 1 aromatic rings. The van der Waals surface area contributed by atoms with Crippen molar-refractivity contribution in [3.63, 3.8) is 0 Å². The lowest BCUT2D eigenvalue weighted by atomic mass is 10.1. The molecule has 3 N–H and O–H groups in total. The summed E-state index contributed by atoms with van der Waals surface area (Å²) in [4.78, 5) is 11.6. The molecule has 1 rings (SSSR count). The molecule has 4 nitrogen and oxygen atoms in total. The molecule has 0 aliphatic rings. The lowest BCUT2D eigenvalue weighted by molar-refractivity contribution is -0.120. The first kappa shape index (κ1) is 13.7. The highest BCUT2D eigenvalue weighted by atomic mass is 16.5. The lowest BCUT2D eigenvalue weighted by Gasteiger charge is -2.13. The van der Waals surface area contributed by atoms with Gasteiger partial charge in [-0.15, -0.1) is 0 Å². The van der Waals surface area contributed by atoms with E-state index >= 15 is 0 Å². The number of anilines is 1. The summed E-state index contributed by atoms with van der Waals surface area (Å²) in [6.45, 7) is 4.57. The predicted molar refractivity (Wildman–Crippen MR) is 68.8 cm³/mol. The SMILES string of the molecule is CCCOCC(=O)Nc1ccccc1C(C)N. The molecule has 0 spiro atoms. The molecule has 1 atom stereocenters. The quantitative estimate of drug-likeness (QED) is 0.743. The van der Waals surface area contributed by atoms with E-state index in [2.05, 4.69) is 5.32 Å². The van der Waals surface area contributed by atoms with Gasteiger partial charge in [-0.05, 0) is 25.0 Å². The molecule has 1 amide bonds. The summed E-state index contributed by atoms with van der Waals surface area (Å²) in [5.74, 6) is -0.147. The molecule has 0 saturated carbocycles. The van der Waals surface area contributed by atoms with Gasteiger partial charge in [0.2, 0.25) is 5.91 Å². The molecule has 0 heterocycles. The number of carbonyl (C=O) groups excluding carboxylic acids is 1. The highest BCUT2D eigenvalue weighted by molar-refractivity contribution is 5.92. The molecule has 0 aromatic heterocycles. The van der Waals surface area contributed by atoms with Crippen molar-refractivity contribution >= 4 is 11.6 Å². The molecule has 0 bridgehead atoms. The molecule has 1 aromatic carbocycles. The van der Waals surface area contributed by atoms with E-state index in [4.69, 9.17) is 10.5 Å². The number of para-hydroxylation sites is 1. The third-order valence-corrected chi connectivity index (χ3v) is 2.31. The highest BCUT2D eigenvalue weighted by Gasteiger charge is 2.08. The fourth-order valence-electron chi connectivity index (χ4n) is 1.50. The second-order valence-electron chi connectivity index (χ2n) is 3.98. The maximum atomic E-state index is 11.6. The molecule has 94 valence electrons. The summed E-state index contributed by atoms with van der Waals surface area (Å²) in [6, 6.07) is 7.42. The van der Waals surface area contributed by atoms with Crippen LogP contribution >= 0.6 is 0 Å². The van der Waals surface area contributed by atoms with Gasteiger partial charge in [-0.2, -0.15) is 0 Å². The van der Waals surface area contributed by atoms with Crippen LogP contribution in [0.2, 0.25) is 0 Å². The summed E-state index contributed by atoms with van der Waals surface area (Å²) in [5, 5.41) is 2.81. The summed E-state index contributed by atoms with van der Waals surface area (Å²) >= 11 is 0. The second kappa shape index (κ2) is 7.04. The molecular formula is C13H20N2O2. The topological polar surface area (TPSA) is 64.3 Å². The molecular weight excluding hydrogens is 216 g/mol. The van der Waals surface area contributed by atoms with Gasteiger partial charge >= 0.3 is 0 Å². The van der Waals surface area contributed by atoms with Crippen LogP contribution in [0.5, 0.6) is 0 Å². The van der Waals surface area contributed by atoms with Crippen molar-refractivity contribution in [2.75, 3.05) is 18.5 Å². The van der Waals surface area contributed by atoms with Crippen molar-refractivity contribution in [1.82, 2.24) is 0 Å². The van der Waals surface area contributed by atoms with Crippen LogP contribution in [-0.4, -0.2) is 19.1 Å². The zero-order valence-electron chi connectivity index (χ0n) is 10.4. The number of nitrogens with one attached hydrogen (secondary N) is 1. The van der Waals surface area contributed by atoms with Gasteiger partial charge in [0, 0.05) is 18.3 Å². The summed E-state index contributed by atoms with van der Waals surface area (Å²) < 4.78 is 5.17. The Balaban J connectivity index is 2.58. The molecule has 4 heteroatoms. The van der Waals surface area contributed by atoms with E-state index in [0.29, 0.717) is 6.61 Å². The Bertz CT molecular complexity index is 364. The van der Waals surface area contributed by atoms with E-state index in [1.807, 2.05) is 38.1 Å². The van der Waals surface area contributed by atoms with Crippen LogP contribution in [0.3, 0.4) is 0 Å². The van der Waals surface area contributed by atoms with Crippen molar-refractivity contribution in [3.8, 4) is 0 Å². The molecule has 17 heavy (non-hydrogen) atoms. The van der Waals surface area contributed by atoms with Crippen LogP contribution in [0.25, 0.3) is 0 Å². The Hall–Kier alpha value is -1.39. The zero-order valence-corrected chi connectivity index (χ0v) is 10.4. The number of benzene rings is 1. The zero-order chi connectivity index (χ0) is 12.7. The van der Waals surface area contributed by atoms with Crippen molar-refractivity contribution in [3.05, 3.63) is 29.8 Å². The van der Waals surface area contributed by atoms with Crippen LogP contribution in [0.15, 0.2) is 24.3 Å². The number of ether oxygens (including phenoxy) is 1. The van der Waals surface area contributed by atoms with Gasteiger partial charge in [0.15, 0.2) is 0 Å². The monoisotopic (exact) mass is 236 g/mol.